The van der Waals surface area contributed by atoms with Crippen LogP contribution < -0.4 is 9.64 Å². The predicted molar refractivity (Wildman–Crippen MR) is 112 cm³/mol. The fraction of sp³-hybridized carbons (Fsp3) is 0.381. The number of benzene rings is 2. The van der Waals surface area contributed by atoms with Crippen molar-refractivity contribution in [1.82, 2.24) is 0 Å². The Kier molecular flexibility index (Phi) is 6.59. The van der Waals surface area contributed by atoms with Crippen LogP contribution in [0.3, 0.4) is 0 Å². The molecule has 140 valence electrons. The van der Waals surface area contributed by atoms with Gasteiger partial charge in [0.1, 0.15) is 5.75 Å². The van der Waals surface area contributed by atoms with Gasteiger partial charge in [0.25, 0.3) is 0 Å². The van der Waals surface area contributed by atoms with Crippen LogP contribution in [0.4, 0.5) is 5.69 Å². The average Bonchev–Trinajstić information content (AvgIpc) is 2.61. The molecule has 5 heteroatoms. The summed E-state index contributed by atoms with van der Waals surface area (Å²) in [6.45, 7) is 6.47. The molecule has 0 saturated carbocycles. The molecule has 2 aromatic carbocycles. The van der Waals surface area contributed by atoms with Gasteiger partial charge in [0.2, 0.25) is 0 Å². The first kappa shape index (κ1) is 20.2. The Morgan fingerprint density at radius 3 is 2.31 bits per heavy atom. The molecule has 0 fully saturated rings. The lowest BCUT2D eigenvalue weighted by Gasteiger charge is -2.27. The predicted octanol–water partition coefficient (Wildman–Crippen LogP) is 5.03. The van der Waals surface area contributed by atoms with Crippen molar-refractivity contribution < 1.29 is 9.94 Å². The largest absolute Gasteiger partial charge is 0.494 e. The monoisotopic (exact) mass is 372 g/mol. The van der Waals surface area contributed by atoms with E-state index in [9.17, 15) is 5.21 Å². The van der Waals surface area contributed by atoms with E-state index in [2.05, 4.69) is 44.1 Å². The number of rotatable bonds is 6. The minimum atomic E-state index is -0.0980. The molecule has 0 aromatic heterocycles. The van der Waals surface area contributed by atoms with Crippen molar-refractivity contribution in [1.29, 1.82) is 0 Å². The summed E-state index contributed by atoms with van der Waals surface area (Å²) < 4.78 is 5.71. The maximum Gasteiger partial charge on any atom is 0.145 e. The van der Waals surface area contributed by atoms with Crippen LogP contribution in [0.2, 0.25) is 0 Å². The van der Waals surface area contributed by atoms with E-state index in [0.717, 1.165) is 27.5 Å². The zero-order valence-corrected chi connectivity index (χ0v) is 17.2. The van der Waals surface area contributed by atoms with Gasteiger partial charge in [0.05, 0.1) is 18.5 Å². The lowest BCUT2D eigenvalue weighted by atomic mass is 9.84. The Morgan fingerprint density at radius 2 is 1.81 bits per heavy atom. The van der Waals surface area contributed by atoms with Crippen LogP contribution in [0.1, 0.15) is 31.9 Å². The Balaban J connectivity index is 2.44. The Labute approximate surface area is 160 Å². The standard InChI is InChI=1S/C21H28N2O2S/c1-21(2,3)17-12-15(13-19(23(4)5)20(17)25-6)18(22-24)14-26-16-10-8-7-9-11-16/h7-13,24H,14H2,1-6H3/b22-18-. The van der Waals surface area contributed by atoms with Crippen LogP contribution in [0, 0.1) is 0 Å². The molecule has 4 nitrogen and oxygen atoms in total. The number of thioether (sulfide) groups is 1. The van der Waals surface area contributed by atoms with Gasteiger partial charge in [-0.2, -0.15) is 0 Å². The summed E-state index contributed by atoms with van der Waals surface area (Å²) in [6, 6.07) is 14.2. The van der Waals surface area contributed by atoms with Gasteiger partial charge in [-0.1, -0.05) is 44.1 Å². The molecule has 0 saturated heterocycles. The maximum absolute atomic E-state index is 9.64. The van der Waals surface area contributed by atoms with Crippen LogP contribution in [0.25, 0.3) is 0 Å². The number of oxime groups is 1. The molecule has 0 heterocycles. The van der Waals surface area contributed by atoms with E-state index in [-0.39, 0.29) is 5.41 Å². The third-order valence-electron chi connectivity index (χ3n) is 4.14. The minimum absolute atomic E-state index is 0.0980. The smallest absolute Gasteiger partial charge is 0.145 e. The number of ether oxygens (including phenoxy) is 1. The molecule has 1 N–H and O–H groups in total. The highest BCUT2D eigenvalue weighted by Gasteiger charge is 2.24. The molecule has 0 spiro atoms. The zero-order chi connectivity index (χ0) is 19.3. The minimum Gasteiger partial charge on any atom is -0.494 e. The highest BCUT2D eigenvalue weighted by molar-refractivity contribution is 8.00. The van der Waals surface area contributed by atoms with Crippen molar-refractivity contribution in [3.63, 3.8) is 0 Å². The first-order valence-electron chi connectivity index (χ1n) is 8.57. The summed E-state index contributed by atoms with van der Waals surface area (Å²) in [5.74, 6) is 1.45. The molecule has 2 rings (SSSR count). The van der Waals surface area contributed by atoms with Crippen LogP contribution in [-0.4, -0.2) is 37.9 Å². The molecular formula is C21H28N2O2S. The fourth-order valence-corrected chi connectivity index (χ4v) is 3.60. The molecule has 0 radical (unpaired) electrons. The first-order valence-corrected chi connectivity index (χ1v) is 9.55. The second kappa shape index (κ2) is 8.49. The van der Waals surface area contributed by atoms with Crippen molar-refractivity contribution in [3.05, 3.63) is 53.6 Å². The summed E-state index contributed by atoms with van der Waals surface area (Å²) in [4.78, 5) is 3.17. The van der Waals surface area contributed by atoms with Crippen molar-refractivity contribution in [2.45, 2.75) is 31.1 Å². The normalized spacial score (nSPS) is 12.2. The zero-order valence-electron chi connectivity index (χ0n) is 16.4. The van der Waals surface area contributed by atoms with E-state index in [1.807, 2.05) is 43.3 Å². The van der Waals surface area contributed by atoms with Gasteiger partial charge in [-0.05, 0) is 29.7 Å². The van der Waals surface area contributed by atoms with Crippen molar-refractivity contribution in [2.75, 3.05) is 31.9 Å². The number of anilines is 1. The molecule has 26 heavy (non-hydrogen) atoms. The van der Waals surface area contributed by atoms with E-state index < -0.39 is 0 Å². The molecule has 0 aliphatic carbocycles. The van der Waals surface area contributed by atoms with Gasteiger partial charge >= 0.3 is 0 Å². The van der Waals surface area contributed by atoms with Crippen molar-refractivity contribution in [3.8, 4) is 5.75 Å². The van der Waals surface area contributed by atoms with Crippen LogP contribution in [0.5, 0.6) is 5.75 Å². The molecule has 0 atom stereocenters. The number of methoxy groups -OCH3 is 1. The van der Waals surface area contributed by atoms with Crippen molar-refractivity contribution >= 4 is 23.2 Å². The molecule has 0 unspecified atom stereocenters. The second-order valence-electron chi connectivity index (χ2n) is 7.37. The molecule has 2 aromatic rings. The summed E-state index contributed by atoms with van der Waals surface area (Å²) >= 11 is 1.65. The quantitative estimate of drug-likeness (QED) is 0.334. The Bertz CT molecular complexity index is 766. The first-order chi connectivity index (χ1) is 12.3. The van der Waals surface area contributed by atoms with Gasteiger partial charge in [0.15, 0.2) is 0 Å². The Morgan fingerprint density at radius 1 is 1.15 bits per heavy atom. The maximum atomic E-state index is 9.64. The summed E-state index contributed by atoms with van der Waals surface area (Å²) in [6.07, 6.45) is 0. The second-order valence-corrected chi connectivity index (χ2v) is 8.42. The molecule has 0 aliphatic rings. The number of hydrogen-bond donors (Lipinski definition) is 1. The van der Waals surface area contributed by atoms with E-state index in [0.29, 0.717) is 11.5 Å². The average molecular weight is 373 g/mol. The van der Waals surface area contributed by atoms with Gasteiger partial charge in [0, 0.05) is 35.9 Å². The number of nitrogens with zero attached hydrogens (tertiary/aromatic N) is 2. The lowest BCUT2D eigenvalue weighted by molar-refractivity contribution is 0.319. The van der Waals surface area contributed by atoms with Gasteiger partial charge in [-0.15, -0.1) is 11.8 Å². The highest BCUT2D eigenvalue weighted by Crippen LogP contribution is 2.39. The SMILES string of the molecule is COc1c(N(C)C)cc(/C(CSc2ccccc2)=N\O)cc1C(C)(C)C. The summed E-state index contributed by atoms with van der Waals surface area (Å²) in [5.41, 5.74) is 3.52. The molecular weight excluding hydrogens is 344 g/mol. The summed E-state index contributed by atoms with van der Waals surface area (Å²) in [7, 11) is 5.68. The van der Waals surface area contributed by atoms with Crippen LogP contribution in [0.15, 0.2) is 52.5 Å². The third-order valence-corrected chi connectivity index (χ3v) is 5.16. The van der Waals surface area contributed by atoms with Crippen molar-refractivity contribution in [2.24, 2.45) is 5.16 Å². The third kappa shape index (κ3) is 4.73. The van der Waals surface area contributed by atoms with Gasteiger partial charge < -0.3 is 14.8 Å². The fourth-order valence-electron chi connectivity index (χ4n) is 2.72. The topological polar surface area (TPSA) is 45.1 Å². The molecule has 0 aliphatic heterocycles. The van der Waals surface area contributed by atoms with E-state index >= 15 is 0 Å². The lowest BCUT2D eigenvalue weighted by Crippen LogP contribution is -2.19. The highest BCUT2D eigenvalue weighted by atomic mass is 32.2. The van der Waals surface area contributed by atoms with Crippen LogP contribution in [-0.2, 0) is 5.41 Å². The Hall–Kier alpha value is -2.14. The van der Waals surface area contributed by atoms with Gasteiger partial charge in [-0.3, -0.25) is 0 Å². The molecule has 0 bridgehead atoms. The van der Waals surface area contributed by atoms with E-state index in [1.54, 1.807) is 18.9 Å². The van der Waals surface area contributed by atoms with E-state index in [4.69, 9.17) is 4.74 Å². The molecule has 0 amide bonds. The number of hydrogen-bond acceptors (Lipinski definition) is 5. The van der Waals surface area contributed by atoms with E-state index in [1.165, 1.54) is 0 Å². The van der Waals surface area contributed by atoms with Gasteiger partial charge in [-0.25, -0.2) is 0 Å². The van der Waals surface area contributed by atoms with Crippen LogP contribution >= 0.6 is 11.8 Å². The summed E-state index contributed by atoms with van der Waals surface area (Å²) in [5, 5.41) is 13.2.